The van der Waals surface area contributed by atoms with Crippen LogP contribution in [0, 0.1) is 29.1 Å². The van der Waals surface area contributed by atoms with E-state index in [1.165, 1.54) is 7.11 Å². The molecule has 212 valence electrons. The second-order valence-electron chi connectivity index (χ2n) is 11.1. The highest BCUT2D eigenvalue weighted by molar-refractivity contribution is 5.92. The lowest BCUT2D eigenvalue weighted by Crippen LogP contribution is -2.61. The van der Waals surface area contributed by atoms with E-state index in [0.717, 1.165) is 5.56 Å². The predicted octanol–water partition coefficient (Wildman–Crippen LogP) is 3.11. The van der Waals surface area contributed by atoms with Crippen LogP contribution in [-0.4, -0.2) is 69.3 Å². The molecule has 1 aromatic carbocycles. The summed E-state index contributed by atoms with van der Waals surface area (Å²) in [5, 5.41) is 2.63. The standard InChI is InChI=1S/C30H40N2O7/c1-9-13-31-26(33)16-21-18-30(28(35)38-8)19(2)39-25(29(3,4)5)17-24(30)32(27(21)34)14-12-20-10-11-22(36-6)23(15-20)37-7/h1,10-11,15,17,19,21,25H,12-14,16,18H2,2-8H3,(H,31,33)/t19-,21+,25-,30+/m1/s1. The number of hydrogen-bond donors (Lipinski definition) is 1. The minimum atomic E-state index is -1.25. The Hall–Kier alpha value is -3.51. The van der Waals surface area contributed by atoms with Crippen molar-refractivity contribution in [3.8, 4) is 23.8 Å². The molecule has 2 aliphatic rings. The van der Waals surface area contributed by atoms with Crippen molar-refractivity contribution >= 4 is 17.8 Å². The Morgan fingerprint density at radius 2 is 1.90 bits per heavy atom. The zero-order valence-corrected chi connectivity index (χ0v) is 24.0. The van der Waals surface area contributed by atoms with E-state index in [2.05, 4.69) is 11.2 Å². The molecule has 9 nitrogen and oxygen atoms in total. The summed E-state index contributed by atoms with van der Waals surface area (Å²) in [7, 11) is 4.47. The molecule has 0 aromatic heterocycles. The van der Waals surface area contributed by atoms with Gasteiger partial charge in [0.25, 0.3) is 0 Å². The number of amides is 2. The molecule has 39 heavy (non-hydrogen) atoms. The summed E-state index contributed by atoms with van der Waals surface area (Å²) < 4.78 is 22.5. The van der Waals surface area contributed by atoms with Gasteiger partial charge in [-0.2, -0.15) is 0 Å². The van der Waals surface area contributed by atoms with Crippen molar-refractivity contribution in [1.29, 1.82) is 0 Å². The molecular formula is C30H40N2O7. The molecule has 0 spiro atoms. The van der Waals surface area contributed by atoms with Crippen LogP contribution in [-0.2, 0) is 30.3 Å². The van der Waals surface area contributed by atoms with Crippen LogP contribution in [0.25, 0.3) is 0 Å². The van der Waals surface area contributed by atoms with Gasteiger partial charge in [0, 0.05) is 24.6 Å². The van der Waals surface area contributed by atoms with Crippen molar-refractivity contribution in [1.82, 2.24) is 10.2 Å². The third-order valence-corrected chi connectivity index (χ3v) is 7.58. The monoisotopic (exact) mass is 540 g/mol. The maximum Gasteiger partial charge on any atom is 0.320 e. The number of methoxy groups -OCH3 is 3. The minimum Gasteiger partial charge on any atom is -0.493 e. The van der Waals surface area contributed by atoms with Gasteiger partial charge < -0.3 is 29.2 Å². The van der Waals surface area contributed by atoms with Gasteiger partial charge in [0.15, 0.2) is 11.5 Å². The first-order valence-corrected chi connectivity index (χ1v) is 13.1. The van der Waals surface area contributed by atoms with Crippen LogP contribution < -0.4 is 14.8 Å². The molecular weight excluding hydrogens is 500 g/mol. The van der Waals surface area contributed by atoms with Gasteiger partial charge in [0.1, 0.15) is 5.41 Å². The molecule has 3 rings (SSSR count). The molecule has 1 saturated heterocycles. The summed E-state index contributed by atoms with van der Waals surface area (Å²) in [6.45, 7) is 8.31. The summed E-state index contributed by atoms with van der Waals surface area (Å²) in [6.07, 6.45) is 6.71. The number of hydrogen-bond acceptors (Lipinski definition) is 7. The fraction of sp³-hybridized carbons (Fsp3) is 0.567. The van der Waals surface area contributed by atoms with E-state index < -0.39 is 23.4 Å². The maximum atomic E-state index is 14.0. The number of esters is 1. The first-order valence-electron chi connectivity index (χ1n) is 13.1. The highest BCUT2D eigenvalue weighted by Crippen LogP contribution is 2.51. The minimum absolute atomic E-state index is 0.0584. The van der Waals surface area contributed by atoms with Gasteiger partial charge in [-0.3, -0.25) is 14.4 Å². The van der Waals surface area contributed by atoms with Crippen LogP contribution in [0.5, 0.6) is 11.5 Å². The van der Waals surface area contributed by atoms with E-state index in [9.17, 15) is 14.4 Å². The van der Waals surface area contributed by atoms with Crippen LogP contribution in [0.15, 0.2) is 30.0 Å². The summed E-state index contributed by atoms with van der Waals surface area (Å²) in [6, 6.07) is 5.59. The van der Waals surface area contributed by atoms with Crippen LogP contribution in [0.2, 0.25) is 0 Å². The Morgan fingerprint density at radius 3 is 2.49 bits per heavy atom. The molecule has 2 heterocycles. The van der Waals surface area contributed by atoms with E-state index in [1.807, 2.05) is 52.0 Å². The average molecular weight is 541 g/mol. The molecule has 0 radical (unpaired) electrons. The smallest absolute Gasteiger partial charge is 0.320 e. The molecule has 2 aliphatic heterocycles. The first kappa shape index (κ1) is 30.0. The Balaban J connectivity index is 2.07. The number of ether oxygens (including phenoxy) is 4. The van der Waals surface area contributed by atoms with Crippen LogP contribution >= 0.6 is 0 Å². The zero-order valence-electron chi connectivity index (χ0n) is 24.0. The molecule has 9 heteroatoms. The van der Waals surface area contributed by atoms with Crippen LogP contribution in [0.4, 0.5) is 0 Å². The number of terminal acetylenes is 1. The summed E-state index contributed by atoms with van der Waals surface area (Å²) >= 11 is 0. The van der Waals surface area contributed by atoms with E-state index in [0.29, 0.717) is 23.6 Å². The fourth-order valence-corrected chi connectivity index (χ4v) is 5.39. The topological polar surface area (TPSA) is 103 Å². The Kier molecular flexibility index (Phi) is 9.34. The molecule has 0 saturated carbocycles. The Labute approximate surface area is 231 Å². The van der Waals surface area contributed by atoms with Gasteiger partial charge in [-0.1, -0.05) is 32.8 Å². The number of nitrogens with zero attached hydrogens (tertiary/aromatic N) is 1. The summed E-state index contributed by atoms with van der Waals surface area (Å²) in [5.74, 6) is 1.72. The highest BCUT2D eigenvalue weighted by Gasteiger charge is 2.60. The van der Waals surface area contributed by atoms with Gasteiger partial charge in [-0.25, -0.2) is 0 Å². The normalized spacial score (nSPS) is 24.7. The van der Waals surface area contributed by atoms with Gasteiger partial charge in [-0.05, 0) is 49.0 Å². The van der Waals surface area contributed by atoms with Gasteiger partial charge in [0.05, 0.1) is 40.1 Å². The lowest BCUT2D eigenvalue weighted by Gasteiger charge is -2.53. The molecule has 1 fully saturated rings. The molecule has 1 aromatic rings. The molecule has 0 bridgehead atoms. The predicted molar refractivity (Wildman–Crippen MR) is 146 cm³/mol. The van der Waals surface area contributed by atoms with Gasteiger partial charge in [-0.15, -0.1) is 6.42 Å². The third-order valence-electron chi connectivity index (χ3n) is 7.58. The van der Waals surface area contributed by atoms with E-state index in [4.69, 9.17) is 25.4 Å². The number of benzene rings is 1. The van der Waals surface area contributed by atoms with Crippen molar-refractivity contribution in [2.75, 3.05) is 34.4 Å². The number of fused-ring (bicyclic) bond motifs is 1. The number of piperidine rings is 1. The second kappa shape index (κ2) is 12.1. The molecule has 0 aliphatic carbocycles. The van der Waals surface area contributed by atoms with E-state index in [-0.39, 0.29) is 49.3 Å². The molecule has 1 N–H and O–H groups in total. The second-order valence-corrected chi connectivity index (χ2v) is 11.1. The van der Waals surface area contributed by atoms with Crippen molar-refractivity contribution in [3.05, 3.63) is 35.5 Å². The van der Waals surface area contributed by atoms with Crippen LogP contribution in [0.3, 0.4) is 0 Å². The van der Waals surface area contributed by atoms with E-state index in [1.54, 1.807) is 19.1 Å². The number of carbonyl (C=O) groups excluding carboxylic acids is 3. The fourth-order valence-electron chi connectivity index (χ4n) is 5.39. The lowest BCUT2D eigenvalue weighted by atomic mass is 9.65. The quantitative estimate of drug-likeness (QED) is 0.379. The Morgan fingerprint density at radius 1 is 1.21 bits per heavy atom. The van der Waals surface area contributed by atoms with Gasteiger partial charge >= 0.3 is 5.97 Å². The van der Waals surface area contributed by atoms with Crippen molar-refractivity contribution < 1.29 is 33.3 Å². The maximum absolute atomic E-state index is 14.0. The van der Waals surface area contributed by atoms with E-state index >= 15 is 0 Å². The molecule has 0 unspecified atom stereocenters. The average Bonchev–Trinajstić information content (AvgIpc) is 2.90. The Bertz CT molecular complexity index is 1160. The number of carbonyl (C=O) groups is 3. The number of likely N-dealkylation sites (tertiary alicyclic amines) is 1. The zero-order chi connectivity index (χ0) is 29.0. The molecule has 2 amide bonds. The summed E-state index contributed by atoms with van der Waals surface area (Å²) in [4.78, 5) is 41.8. The number of rotatable bonds is 9. The van der Waals surface area contributed by atoms with Crippen molar-refractivity contribution in [2.45, 2.75) is 59.2 Å². The third kappa shape index (κ3) is 6.06. The summed E-state index contributed by atoms with van der Waals surface area (Å²) in [5.41, 5.74) is -0.0445. The lowest BCUT2D eigenvalue weighted by molar-refractivity contribution is -0.180. The van der Waals surface area contributed by atoms with Crippen molar-refractivity contribution in [3.63, 3.8) is 0 Å². The molecule has 4 atom stereocenters. The van der Waals surface area contributed by atoms with Gasteiger partial charge in [0.2, 0.25) is 11.8 Å². The number of nitrogens with one attached hydrogen (secondary N) is 1. The van der Waals surface area contributed by atoms with Crippen LogP contribution in [0.1, 0.15) is 46.1 Å². The highest BCUT2D eigenvalue weighted by atomic mass is 16.5. The SMILES string of the molecule is C#CCNC(=O)C[C@H]1C[C@@]2(C(=O)OC)C(=C[C@H](C(C)(C)C)O[C@@H]2C)N(CCc2ccc(OC)c(OC)c2)C1=O. The largest absolute Gasteiger partial charge is 0.493 e. The first-order chi connectivity index (χ1) is 18.4. The van der Waals surface area contributed by atoms with Crippen molar-refractivity contribution in [2.24, 2.45) is 16.7 Å².